The normalized spacial score (nSPS) is 24.9. The van der Waals surface area contributed by atoms with Gasteiger partial charge in [-0.15, -0.1) is 6.58 Å². The van der Waals surface area contributed by atoms with Crippen molar-refractivity contribution >= 4 is 14.3 Å². The van der Waals surface area contributed by atoms with Gasteiger partial charge < -0.3 is 28.1 Å². The Morgan fingerprint density at radius 3 is 2.42 bits per heavy atom. The van der Waals surface area contributed by atoms with Gasteiger partial charge in [0.1, 0.15) is 13.4 Å². The standard InChI is InChI=1S/C37H62O7Si/c1-9-15-30-18-13-19-31(42-30)23-22-28(2)34(44-45(6,7)8)25-33(41-27-39-5)24-32-20-14-21-35(43-32)37(3,4)36(38)40-26-29-16-11-10-12-17-29/h9-12,16-17,28,30-35H,1,13-15,18-27H2,2-8H3/t28-,30-,31-,32-,33-,34+,35+/m0/s1. The highest BCUT2D eigenvalue weighted by Gasteiger charge is 2.42. The lowest BCUT2D eigenvalue weighted by molar-refractivity contribution is -0.177. The summed E-state index contributed by atoms with van der Waals surface area (Å²) in [6, 6.07) is 9.81. The molecule has 7 nitrogen and oxygen atoms in total. The summed E-state index contributed by atoms with van der Waals surface area (Å²) in [4.78, 5) is 13.2. The molecule has 0 radical (unpaired) electrons. The first kappa shape index (κ1) is 37.9. The topological polar surface area (TPSA) is 72.5 Å². The van der Waals surface area contributed by atoms with Crippen LogP contribution in [0.3, 0.4) is 0 Å². The quantitative estimate of drug-likeness (QED) is 0.0645. The average molecular weight is 647 g/mol. The van der Waals surface area contributed by atoms with Crippen LogP contribution in [0.4, 0.5) is 0 Å². The molecule has 2 aliphatic heterocycles. The lowest BCUT2D eigenvalue weighted by Crippen LogP contribution is -2.45. The van der Waals surface area contributed by atoms with Crippen LogP contribution in [0.25, 0.3) is 0 Å². The molecule has 0 spiro atoms. The van der Waals surface area contributed by atoms with Gasteiger partial charge in [-0.2, -0.15) is 0 Å². The van der Waals surface area contributed by atoms with Crippen molar-refractivity contribution in [1.82, 2.24) is 0 Å². The molecular formula is C37H62O7Si. The second-order valence-electron chi connectivity index (χ2n) is 14.8. The van der Waals surface area contributed by atoms with Crippen LogP contribution in [0.2, 0.25) is 19.6 Å². The highest BCUT2D eigenvalue weighted by Crippen LogP contribution is 2.36. The second-order valence-corrected chi connectivity index (χ2v) is 19.2. The number of benzene rings is 1. The number of methoxy groups -OCH3 is 1. The van der Waals surface area contributed by atoms with Crippen molar-refractivity contribution in [3.05, 3.63) is 48.6 Å². The molecule has 0 aliphatic carbocycles. The summed E-state index contributed by atoms with van der Waals surface area (Å²) in [5.41, 5.74) is 0.231. The van der Waals surface area contributed by atoms with Crippen LogP contribution in [-0.2, 0) is 39.5 Å². The molecular weight excluding hydrogens is 584 g/mol. The van der Waals surface area contributed by atoms with E-state index in [0.29, 0.717) is 18.1 Å². The van der Waals surface area contributed by atoms with E-state index in [1.807, 2.05) is 50.3 Å². The molecule has 0 N–H and O–H groups in total. The van der Waals surface area contributed by atoms with Gasteiger partial charge in [0, 0.05) is 7.11 Å². The second kappa shape index (κ2) is 18.7. The first-order valence-electron chi connectivity index (χ1n) is 17.3. The number of rotatable bonds is 19. The van der Waals surface area contributed by atoms with E-state index in [4.69, 9.17) is 28.1 Å². The molecule has 0 unspecified atom stereocenters. The zero-order valence-corrected chi connectivity index (χ0v) is 30.3. The maximum atomic E-state index is 13.2. The summed E-state index contributed by atoms with van der Waals surface area (Å²) in [6.07, 6.45) is 13.2. The Bertz CT molecular complexity index is 994. The molecule has 2 heterocycles. The fraction of sp³-hybridized carbons (Fsp3) is 0.757. The summed E-state index contributed by atoms with van der Waals surface area (Å²) in [7, 11) is -0.154. The van der Waals surface area contributed by atoms with E-state index >= 15 is 0 Å². The Kier molecular flexibility index (Phi) is 15.7. The van der Waals surface area contributed by atoms with E-state index in [1.54, 1.807) is 7.11 Å². The van der Waals surface area contributed by atoms with Gasteiger partial charge in [0.2, 0.25) is 0 Å². The Labute approximate surface area is 274 Å². The van der Waals surface area contributed by atoms with Crippen LogP contribution in [0.15, 0.2) is 43.0 Å². The number of carbonyl (C=O) groups is 1. The molecule has 0 amide bonds. The van der Waals surface area contributed by atoms with Crippen molar-refractivity contribution in [3.8, 4) is 0 Å². The summed E-state index contributed by atoms with van der Waals surface area (Å²) >= 11 is 0. The van der Waals surface area contributed by atoms with Gasteiger partial charge in [-0.3, -0.25) is 4.79 Å². The molecule has 2 saturated heterocycles. The van der Waals surface area contributed by atoms with E-state index in [-0.39, 0.29) is 43.8 Å². The minimum atomic E-state index is -1.82. The molecule has 2 aliphatic rings. The predicted octanol–water partition coefficient (Wildman–Crippen LogP) is 8.61. The first-order valence-corrected chi connectivity index (χ1v) is 20.7. The molecule has 2 fully saturated rings. The van der Waals surface area contributed by atoms with Crippen molar-refractivity contribution in [2.24, 2.45) is 11.3 Å². The van der Waals surface area contributed by atoms with Crippen molar-refractivity contribution in [3.63, 3.8) is 0 Å². The van der Waals surface area contributed by atoms with Gasteiger partial charge >= 0.3 is 5.97 Å². The number of ether oxygens (including phenoxy) is 5. The third-order valence-corrected chi connectivity index (χ3v) is 10.3. The fourth-order valence-corrected chi connectivity index (χ4v) is 7.87. The van der Waals surface area contributed by atoms with Crippen LogP contribution in [-0.4, -0.2) is 64.8 Å². The molecule has 256 valence electrons. The number of hydrogen-bond acceptors (Lipinski definition) is 7. The Morgan fingerprint density at radius 1 is 1.04 bits per heavy atom. The molecule has 1 aromatic rings. The van der Waals surface area contributed by atoms with Gasteiger partial charge in [-0.05, 0) is 116 Å². The van der Waals surface area contributed by atoms with E-state index in [0.717, 1.165) is 69.8 Å². The van der Waals surface area contributed by atoms with Crippen LogP contribution >= 0.6 is 0 Å². The molecule has 0 aromatic heterocycles. The average Bonchev–Trinajstić information content (AvgIpc) is 3.01. The van der Waals surface area contributed by atoms with E-state index in [1.165, 1.54) is 6.42 Å². The lowest BCUT2D eigenvalue weighted by Gasteiger charge is -2.40. The first-order chi connectivity index (χ1) is 21.4. The zero-order valence-electron chi connectivity index (χ0n) is 29.3. The molecule has 3 rings (SSSR count). The maximum Gasteiger partial charge on any atom is 0.314 e. The highest BCUT2D eigenvalue weighted by atomic mass is 28.4. The van der Waals surface area contributed by atoms with Gasteiger partial charge in [-0.1, -0.05) is 43.3 Å². The van der Waals surface area contributed by atoms with Crippen LogP contribution in [0, 0.1) is 11.3 Å². The van der Waals surface area contributed by atoms with E-state index in [9.17, 15) is 4.79 Å². The maximum absolute atomic E-state index is 13.2. The summed E-state index contributed by atoms with van der Waals surface area (Å²) in [6.45, 7) is 17.4. The summed E-state index contributed by atoms with van der Waals surface area (Å²) in [5, 5.41) is 0. The van der Waals surface area contributed by atoms with E-state index in [2.05, 4.69) is 33.1 Å². The molecule has 0 saturated carbocycles. The number of carbonyl (C=O) groups excluding carboxylic acids is 1. The fourth-order valence-electron chi connectivity index (χ4n) is 6.63. The van der Waals surface area contributed by atoms with Crippen LogP contribution in [0.5, 0.6) is 0 Å². The minimum absolute atomic E-state index is 0.00734. The number of esters is 1. The van der Waals surface area contributed by atoms with Gasteiger partial charge in [0.15, 0.2) is 8.32 Å². The summed E-state index contributed by atoms with van der Waals surface area (Å²) < 4.78 is 37.3. The molecule has 7 atom stereocenters. The van der Waals surface area contributed by atoms with Crippen molar-refractivity contribution in [2.45, 2.75) is 154 Å². The predicted molar refractivity (Wildman–Crippen MR) is 182 cm³/mol. The lowest BCUT2D eigenvalue weighted by atomic mass is 9.81. The Morgan fingerprint density at radius 2 is 1.73 bits per heavy atom. The third kappa shape index (κ3) is 13.2. The van der Waals surface area contributed by atoms with Gasteiger partial charge in [-0.25, -0.2) is 0 Å². The molecule has 0 bridgehead atoms. The smallest absolute Gasteiger partial charge is 0.314 e. The largest absolute Gasteiger partial charge is 0.460 e. The Hall–Kier alpha value is -1.55. The van der Waals surface area contributed by atoms with Crippen LogP contribution in [0.1, 0.15) is 97.0 Å². The minimum Gasteiger partial charge on any atom is -0.460 e. The van der Waals surface area contributed by atoms with Crippen molar-refractivity contribution < 1.29 is 32.9 Å². The molecule has 1 aromatic carbocycles. The molecule has 8 heteroatoms. The monoisotopic (exact) mass is 646 g/mol. The van der Waals surface area contributed by atoms with Gasteiger partial charge in [0.25, 0.3) is 0 Å². The SMILES string of the molecule is C=CC[C@H]1CCC[C@@H](CC[C@H](C)[C@@H](C[C@H](C[C@@H]2CCC[C@H](C(C)(C)C(=O)OCc3ccccc3)O2)OCOC)O[Si](C)(C)C)O1. The van der Waals surface area contributed by atoms with Crippen LogP contribution < -0.4 is 0 Å². The van der Waals surface area contributed by atoms with Gasteiger partial charge in [0.05, 0.1) is 42.0 Å². The van der Waals surface area contributed by atoms with Crippen molar-refractivity contribution in [1.29, 1.82) is 0 Å². The highest BCUT2D eigenvalue weighted by molar-refractivity contribution is 6.69. The summed E-state index contributed by atoms with van der Waals surface area (Å²) in [5.74, 6) is 0.145. The van der Waals surface area contributed by atoms with E-state index < -0.39 is 13.7 Å². The zero-order chi connectivity index (χ0) is 32.9. The number of hydrogen-bond donors (Lipinski definition) is 0. The Balaban J connectivity index is 1.61. The molecule has 45 heavy (non-hydrogen) atoms. The third-order valence-electron chi connectivity index (χ3n) is 9.29. The van der Waals surface area contributed by atoms with Crippen molar-refractivity contribution in [2.75, 3.05) is 13.9 Å².